The smallest absolute Gasteiger partial charge is 0.396 e. The van der Waals surface area contributed by atoms with Gasteiger partial charge in [0.15, 0.2) is 0 Å². The minimum absolute atomic E-state index is 0.00186. The highest BCUT2D eigenvalue weighted by atomic mass is 31.2. The zero-order chi connectivity index (χ0) is 17.1. The van der Waals surface area contributed by atoms with Gasteiger partial charge in [0.1, 0.15) is 12.2 Å². The van der Waals surface area contributed by atoms with Gasteiger partial charge in [0.05, 0.1) is 13.2 Å². The molecule has 0 spiro atoms. The van der Waals surface area contributed by atoms with E-state index in [0.717, 1.165) is 12.8 Å². The summed E-state index contributed by atoms with van der Waals surface area (Å²) in [5.74, 6) is 0. The average molecular weight is 376 g/mol. The summed E-state index contributed by atoms with van der Waals surface area (Å²) >= 11 is 0. The van der Waals surface area contributed by atoms with Crippen molar-refractivity contribution in [3.63, 3.8) is 0 Å². The maximum absolute atomic E-state index is 11.9. The van der Waals surface area contributed by atoms with Crippen LogP contribution in [0.4, 0.5) is 0 Å². The van der Waals surface area contributed by atoms with Gasteiger partial charge in [0, 0.05) is 26.7 Å². The fourth-order valence-electron chi connectivity index (χ4n) is 2.04. The van der Waals surface area contributed by atoms with Crippen LogP contribution in [0.1, 0.15) is 32.1 Å². The third-order valence-electron chi connectivity index (χ3n) is 3.23. The van der Waals surface area contributed by atoms with Crippen molar-refractivity contribution in [2.75, 3.05) is 33.5 Å². The number of hydrogen-bond acceptors (Lipinski definition) is 8. The number of unbranched alkanes of at least 4 members (excludes halogenated alkanes) is 3. The molecule has 4 atom stereocenters. The Bertz CT molecular complexity index is 357. The third-order valence-corrected chi connectivity index (χ3v) is 4.96. The molecule has 0 aromatic rings. The third kappa shape index (κ3) is 9.41. The van der Waals surface area contributed by atoms with Gasteiger partial charge in [-0.2, -0.15) is 0 Å². The fourth-order valence-corrected chi connectivity index (χ4v) is 3.43. The molecule has 1 heterocycles. The maximum atomic E-state index is 11.9. The number of aliphatic hydroxyl groups excluding tert-OH is 1. The lowest BCUT2D eigenvalue weighted by molar-refractivity contribution is 0.00239. The number of hydrogen-bond donors (Lipinski definition) is 3. The predicted octanol–water partition coefficient (Wildman–Crippen LogP) is 1.71. The van der Waals surface area contributed by atoms with Crippen LogP contribution in [0, 0.1) is 0 Å². The van der Waals surface area contributed by atoms with Crippen LogP contribution in [0.25, 0.3) is 0 Å². The molecule has 1 aliphatic heterocycles. The first-order valence-corrected chi connectivity index (χ1v) is 10.2. The van der Waals surface area contributed by atoms with E-state index in [1.165, 1.54) is 7.11 Å². The van der Waals surface area contributed by atoms with Crippen molar-refractivity contribution in [3.05, 3.63) is 0 Å². The lowest BCUT2D eigenvalue weighted by Crippen LogP contribution is -2.28. The molecule has 0 aromatic heterocycles. The SMILES string of the molecule is COP(O)OCC1OCCC1OP(=O)(O)OCCCCCCO. The van der Waals surface area contributed by atoms with Crippen LogP contribution >= 0.6 is 16.4 Å². The molecule has 0 saturated carbocycles. The number of aliphatic hydroxyl groups is 1. The highest BCUT2D eigenvalue weighted by Crippen LogP contribution is 2.47. The summed E-state index contributed by atoms with van der Waals surface area (Å²) < 4.78 is 36.9. The Morgan fingerprint density at radius 1 is 1.30 bits per heavy atom. The molecule has 11 heteroatoms. The zero-order valence-corrected chi connectivity index (χ0v) is 15.0. The minimum Gasteiger partial charge on any atom is -0.396 e. The summed E-state index contributed by atoms with van der Waals surface area (Å²) in [7, 11) is -4.83. The normalized spacial score (nSPS) is 25.4. The van der Waals surface area contributed by atoms with Gasteiger partial charge in [0.2, 0.25) is 0 Å². The van der Waals surface area contributed by atoms with E-state index in [1.54, 1.807) is 0 Å². The molecule has 1 aliphatic rings. The summed E-state index contributed by atoms with van der Waals surface area (Å²) in [5.41, 5.74) is 0. The lowest BCUT2D eigenvalue weighted by atomic mass is 10.2. The molecular weight excluding hydrogens is 350 g/mol. The van der Waals surface area contributed by atoms with E-state index in [9.17, 15) is 14.4 Å². The minimum atomic E-state index is -4.16. The second-order valence-electron chi connectivity index (χ2n) is 5.00. The van der Waals surface area contributed by atoms with Gasteiger partial charge in [-0.3, -0.25) is 9.05 Å². The van der Waals surface area contributed by atoms with Crippen LogP contribution < -0.4 is 0 Å². The first-order valence-electron chi connectivity index (χ1n) is 7.52. The molecule has 138 valence electrons. The molecule has 4 unspecified atom stereocenters. The second-order valence-corrected chi connectivity index (χ2v) is 7.50. The van der Waals surface area contributed by atoms with Crippen LogP contribution in [0.3, 0.4) is 0 Å². The fraction of sp³-hybridized carbons (Fsp3) is 1.00. The molecule has 0 radical (unpaired) electrons. The Kier molecular flexibility index (Phi) is 11.0. The van der Waals surface area contributed by atoms with Crippen LogP contribution in [0.15, 0.2) is 0 Å². The molecule has 0 bridgehead atoms. The molecule has 9 nitrogen and oxygen atoms in total. The molecule has 0 aliphatic carbocycles. The number of phosphoric ester groups is 1. The number of rotatable bonds is 13. The van der Waals surface area contributed by atoms with Gasteiger partial charge >= 0.3 is 16.4 Å². The highest BCUT2D eigenvalue weighted by Gasteiger charge is 2.36. The highest BCUT2D eigenvalue weighted by molar-refractivity contribution is 7.47. The van der Waals surface area contributed by atoms with Gasteiger partial charge < -0.3 is 28.7 Å². The second kappa shape index (κ2) is 11.8. The van der Waals surface area contributed by atoms with Gasteiger partial charge in [-0.15, -0.1) is 0 Å². The van der Waals surface area contributed by atoms with Gasteiger partial charge in [0.25, 0.3) is 0 Å². The van der Waals surface area contributed by atoms with Gasteiger partial charge in [-0.25, -0.2) is 4.57 Å². The van der Waals surface area contributed by atoms with E-state index in [1.807, 2.05) is 0 Å². The maximum Gasteiger partial charge on any atom is 0.472 e. The van der Waals surface area contributed by atoms with E-state index < -0.39 is 28.6 Å². The van der Waals surface area contributed by atoms with Crippen molar-refractivity contribution < 1.29 is 42.3 Å². The van der Waals surface area contributed by atoms with Crippen molar-refractivity contribution in [2.24, 2.45) is 0 Å². The molecule has 0 amide bonds. The van der Waals surface area contributed by atoms with Crippen LogP contribution in [0.2, 0.25) is 0 Å². The van der Waals surface area contributed by atoms with Crippen LogP contribution in [0.5, 0.6) is 0 Å². The Hall–Kier alpha value is 0.340. The Labute approximate surface area is 137 Å². The van der Waals surface area contributed by atoms with E-state index >= 15 is 0 Å². The predicted molar refractivity (Wildman–Crippen MR) is 82.7 cm³/mol. The Morgan fingerprint density at radius 3 is 2.74 bits per heavy atom. The van der Waals surface area contributed by atoms with Gasteiger partial charge in [-0.1, -0.05) is 12.8 Å². The average Bonchev–Trinajstić information content (AvgIpc) is 2.94. The largest absolute Gasteiger partial charge is 0.472 e. The van der Waals surface area contributed by atoms with Crippen molar-refractivity contribution in [1.29, 1.82) is 0 Å². The quantitative estimate of drug-likeness (QED) is 0.325. The van der Waals surface area contributed by atoms with Crippen LogP contribution in [-0.2, 0) is 27.4 Å². The topological polar surface area (TPSA) is 124 Å². The Balaban J connectivity index is 2.27. The number of phosphoric acid groups is 1. The zero-order valence-electron chi connectivity index (χ0n) is 13.2. The Morgan fingerprint density at radius 2 is 2.04 bits per heavy atom. The molecule has 23 heavy (non-hydrogen) atoms. The lowest BCUT2D eigenvalue weighted by Gasteiger charge is -2.21. The van der Waals surface area contributed by atoms with Crippen LogP contribution in [-0.4, -0.2) is 60.6 Å². The molecule has 1 rings (SSSR count). The van der Waals surface area contributed by atoms with Crippen molar-refractivity contribution in [2.45, 2.75) is 44.3 Å². The van der Waals surface area contributed by atoms with E-state index in [-0.39, 0.29) is 19.8 Å². The van der Waals surface area contributed by atoms with Gasteiger partial charge in [-0.05, 0) is 12.8 Å². The van der Waals surface area contributed by atoms with Crippen molar-refractivity contribution in [1.82, 2.24) is 0 Å². The molecule has 0 aromatic carbocycles. The first-order chi connectivity index (χ1) is 11.0. The summed E-state index contributed by atoms with van der Waals surface area (Å²) in [6.07, 6.45) is 2.22. The monoisotopic (exact) mass is 376 g/mol. The molecule has 1 saturated heterocycles. The first kappa shape index (κ1) is 21.4. The summed E-state index contributed by atoms with van der Waals surface area (Å²) in [6.45, 7) is 0.629. The van der Waals surface area contributed by atoms with Crippen molar-refractivity contribution in [3.8, 4) is 0 Å². The summed E-state index contributed by atoms with van der Waals surface area (Å²) in [4.78, 5) is 18.9. The van der Waals surface area contributed by atoms with E-state index in [0.29, 0.717) is 25.9 Å². The number of ether oxygens (including phenoxy) is 1. The molecular formula is C12H26O9P2. The van der Waals surface area contributed by atoms with Crippen molar-refractivity contribution >= 4 is 16.4 Å². The summed E-state index contributed by atoms with van der Waals surface area (Å²) in [6, 6.07) is 0. The molecule has 1 fully saturated rings. The summed E-state index contributed by atoms with van der Waals surface area (Å²) in [5, 5.41) is 8.65. The van der Waals surface area contributed by atoms with E-state index in [4.69, 9.17) is 23.4 Å². The molecule has 3 N–H and O–H groups in total. The standard InChI is InChI=1S/C12H26O9P2/c1-17-22(14)19-10-12-11(6-9-18-12)21-23(15,16)20-8-5-3-2-4-7-13/h11-14H,2-10H2,1H3,(H,15,16). The van der Waals surface area contributed by atoms with E-state index in [2.05, 4.69) is 4.52 Å².